The zero-order valence-corrected chi connectivity index (χ0v) is 13.2. The van der Waals surface area contributed by atoms with Gasteiger partial charge in [0.05, 0.1) is 12.2 Å². The number of H-pyrrole nitrogens is 1. The molecule has 0 aliphatic carbocycles. The molecule has 0 aliphatic heterocycles. The minimum atomic E-state index is 0.549. The molecule has 3 heterocycles. The Bertz CT molecular complexity index is 966. The number of benzene rings is 1. The summed E-state index contributed by atoms with van der Waals surface area (Å²) in [6, 6.07) is 13.9. The number of fused-ring (bicyclic) bond motifs is 1. The molecule has 0 unspecified atom stereocenters. The molecule has 24 heavy (non-hydrogen) atoms. The molecule has 0 aliphatic rings. The van der Waals surface area contributed by atoms with E-state index in [-0.39, 0.29) is 0 Å². The predicted molar refractivity (Wildman–Crippen MR) is 93.9 cm³/mol. The van der Waals surface area contributed by atoms with Gasteiger partial charge in [-0.25, -0.2) is 9.97 Å². The largest absolute Gasteiger partial charge is 0.384 e. The SMILES string of the molecule is Cc1cc(N)n(-c2cc(NCc3cc4ccccc4[nH]3)ncn2)n1. The molecule has 0 saturated heterocycles. The van der Waals surface area contributed by atoms with Crippen molar-refractivity contribution in [3.05, 3.63) is 60.2 Å². The van der Waals surface area contributed by atoms with E-state index in [2.05, 4.69) is 43.6 Å². The average molecular weight is 319 g/mol. The fourth-order valence-electron chi connectivity index (χ4n) is 2.68. The Labute approximate surface area is 138 Å². The van der Waals surface area contributed by atoms with Crippen LogP contribution in [0.2, 0.25) is 0 Å². The third-order valence-electron chi connectivity index (χ3n) is 3.77. The number of rotatable bonds is 4. The third kappa shape index (κ3) is 2.67. The lowest BCUT2D eigenvalue weighted by atomic mass is 10.2. The second-order valence-corrected chi connectivity index (χ2v) is 5.62. The van der Waals surface area contributed by atoms with E-state index in [0.717, 1.165) is 16.9 Å². The lowest BCUT2D eigenvalue weighted by Gasteiger charge is -2.07. The fraction of sp³-hybridized carbons (Fsp3) is 0.118. The van der Waals surface area contributed by atoms with Crippen LogP contribution < -0.4 is 11.1 Å². The number of aromatic nitrogens is 5. The number of nitrogen functional groups attached to an aromatic ring is 1. The summed E-state index contributed by atoms with van der Waals surface area (Å²) in [7, 11) is 0. The molecule has 0 fully saturated rings. The molecule has 7 heteroatoms. The van der Waals surface area contributed by atoms with Crippen molar-refractivity contribution in [2.45, 2.75) is 13.5 Å². The predicted octanol–water partition coefficient (Wildman–Crippen LogP) is 2.65. The van der Waals surface area contributed by atoms with Gasteiger partial charge in [-0.15, -0.1) is 0 Å². The summed E-state index contributed by atoms with van der Waals surface area (Å²) >= 11 is 0. The van der Waals surface area contributed by atoms with Crippen molar-refractivity contribution in [1.29, 1.82) is 0 Å². The van der Waals surface area contributed by atoms with Gasteiger partial charge in [0, 0.05) is 23.3 Å². The second-order valence-electron chi connectivity index (χ2n) is 5.62. The summed E-state index contributed by atoms with van der Waals surface area (Å²) in [5.74, 6) is 1.90. The van der Waals surface area contributed by atoms with Gasteiger partial charge in [-0.1, -0.05) is 18.2 Å². The highest BCUT2D eigenvalue weighted by atomic mass is 15.3. The van der Waals surface area contributed by atoms with Crippen molar-refractivity contribution >= 4 is 22.5 Å². The Hall–Kier alpha value is -3.35. The average Bonchev–Trinajstić information content (AvgIpc) is 3.15. The van der Waals surface area contributed by atoms with Gasteiger partial charge in [-0.3, -0.25) is 0 Å². The van der Waals surface area contributed by atoms with Gasteiger partial charge in [-0.2, -0.15) is 9.78 Å². The van der Waals surface area contributed by atoms with Crippen LogP contribution in [-0.4, -0.2) is 24.7 Å². The molecule has 1 aromatic carbocycles. The van der Waals surface area contributed by atoms with Crippen LogP contribution in [0.4, 0.5) is 11.6 Å². The first-order valence-electron chi connectivity index (χ1n) is 7.64. The zero-order chi connectivity index (χ0) is 16.5. The van der Waals surface area contributed by atoms with Crippen LogP contribution in [0.3, 0.4) is 0 Å². The van der Waals surface area contributed by atoms with Gasteiger partial charge < -0.3 is 16.0 Å². The van der Waals surface area contributed by atoms with E-state index in [4.69, 9.17) is 5.73 Å². The summed E-state index contributed by atoms with van der Waals surface area (Å²) in [5, 5.41) is 8.82. The maximum atomic E-state index is 5.95. The molecule has 4 aromatic rings. The second kappa shape index (κ2) is 5.69. The van der Waals surface area contributed by atoms with E-state index < -0.39 is 0 Å². The molecule has 0 spiro atoms. The molecular weight excluding hydrogens is 302 g/mol. The van der Waals surface area contributed by atoms with Crippen molar-refractivity contribution in [2.24, 2.45) is 0 Å². The number of hydrogen-bond acceptors (Lipinski definition) is 5. The number of hydrogen-bond donors (Lipinski definition) is 3. The lowest BCUT2D eigenvalue weighted by Crippen LogP contribution is -2.07. The Balaban J connectivity index is 1.54. The number of anilines is 2. The molecule has 0 amide bonds. The van der Waals surface area contributed by atoms with E-state index in [0.29, 0.717) is 24.0 Å². The quantitative estimate of drug-likeness (QED) is 0.537. The van der Waals surface area contributed by atoms with E-state index in [1.165, 1.54) is 11.7 Å². The Kier molecular flexibility index (Phi) is 3.38. The summed E-state index contributed by atoms with van der Waals surface area (Å²) in [6.07, 6.45) is 1.50. The van der Waals surface area contributed by atoms with Crippen molar-refractivity contribution in [1.82, 2.24) is 24.7 Å². The van der Waals surface area contributed by atoms with Crippen molar-refractivity contribution in [2.75, 3.05) is 11.1 Å². The van der Waals surface area contributed by atoms with Crippen LogP contribution >= 0.6 is 0 Å². The molecular formula is C17H17N7. The zero-order valence-electron chi connectivity index (χ0n) is 13.2. The first kappa shape index (κ1) is 14.3. The number of nitrogens with two attached hydrogens (primary N) is 1. The molecule has 0 bridgehead atoms. The highest BCUT2D eigenvalue weighted by molar-refractivity contribution is 5.80. The Morgan fingerprint density at radius 2 is 2.04 bits per heavy atom. The normalized spacial score (nSPS) is 11.0. The summed E-state index contributed by atoms with van der Waals surface area (Å²) in [4.78, 5) is 11.9. The molecule has 120 valence electrons. The van der Waals surface area contributed by atoms with Gasteiger partial charge in [0.15, 0.2) is 5.82 Å². The van der Waals surface area contributed by atoms with Crippen LogP contribution in [0, 0.1) is 6.92 Å². The number of nitrogens with one attached hydrogen (secondary N) is 2. The summed E-state index contributed by atoms with van der Waals surface area (Å²) in [6.45, 7) is 2.53. The smallest absolute Gasteiger partial charge is 0.161 e. The van der Waals surface area contributed by atoms with Crippen LogP contribution in [0.5, 0.6) is 0 Å². The lowest BCUT2D eigenvalue weighted by molar-refractivity contribution is 0.834. The minimum Gasteiger partial charge on any atom is -0.384 e. The highest BCUT2D eigenvalue weighted by Gasteiger charge is 2.07. The molecule has 0 saturated carbocycles. The van der Waals surface area contributed by atoms with E-state index in [1.807, 2.05) is 25.1 Å². The molecule has 3 aromatic heterocycles. The molecule has 0 atom stereocenters. The monoisotopic (exact) mass is 319 g/mol. The van der Waals surface area contributed by atoms with E-state index >= 15 is 0 Å². The topological polar surface area (TPSA) is 97.4 Å². The van der Waals surface area contributed by atoms with E-state index in [1.54, 1.807) is 10.7 Å². The fourth-order valence-corrected chi connectivity index (χ4v) is 2.68. The van der Waals surface area contributed by atoms with Crippen LogP contribution in [-0.2, 0) is 6.54 Å². The number of aryl methyl sites for hydroxylation is 1. The first-order valence-corrected chi connectivity index (χ1v) is 7.64. The summed E-state index contributed by atoms with van der Waals surface area (Å²) in [5.41, 5.74) is 9.00. The number of para-hydroxylation sites is 1. The number of nitrogens with zero attached hydrogens (tertiary/aromatic N) is 4. The third-order valence-corrected chi connectivity index (χ3v) is 3.77. The molecule has 4 rings (SSSR count). The minimum absolute atomic E-state index is 0.549. The Morgan fingerprint density at radius 3 is 2.83 bits per heavy atom. The van der Waals surface area contributed by atoms with Crippen molar-refractivity contribution < 1.29 is 0 Å². The van der Waals surface area contributed by atoms with Gasteiger partial charge in [0.2, 0.25) is 0 Å². The number of aromatic amines is 1. The van der Waals surface area contributed by atoms with Gasteiger partial charge >= 0.3 is 0 Å². The van der Waals surface area contributed by atoms with E-state index in [9.17, 15) is 0 Å². The van der Waals surface area contributed by atoms with Crippen molar-refractivity contribution in [3.63, 3.8) is 0 Å². The van der Waals surface area contributed by atoms with Crippen LogP contribution in [0.15, 0.2) is 48.8 Å². The molecule has 0 radical (unpaired) electrons. The standard InChI is InChI=1S/C17H17N7/c1-11-6-15(18)24(23-11)17-8-16(20-10-21-17)19-9-13-7-12-4-2-3-5-14(12)22-13/h2-8,10,22H,9,18H2,1H3,(H,19,20,21). The first-order chi connectivity index (χ1) is 11.7. The highest BCUT2D eigenvalue weighted by Crippen LogP contribution is 2.17. The maximum Gasteiger partial charge on any atom is 0.161 e. The van der Waals surface area contributed by atoms with Gasteiger partial charge in [0.1, 0.15) is 18.0 Å². The van der Waals surface area contributed by atoms with Crippen molar-refractivity contribution in [3.8, 4) is 5.82 Å². The maximum absolute atomic E-state index is 5.95. The van der Waals surface area contributed by atoms with Crippen LogP contribution in [0.1, 0.15) is 11.4 Å². The van der Waals surface area contributed by atoms with Gasteiger partial charge in [0.25, 0.3) is 0 Å². The van der Waals surface area contributed by atoms with Crippen LogP contribution in [0.25, 0.3) is 16.7 Å². The molecule has 4 N–H and O–H groups in total. The summed E-state index contributed by atoms with van der Waals surface area (Å²) < 4.78 is 1.60. The molecule has 7 nitrogen and oxygen atoms in total. The van der Waals surface area contributed by atoms with Gasteiger partial charge in [-0.05, 0) is 24.4 Å². The Morgan fingerprint density at radius 1 is 1.17 bits per heavy atom.